The molecule has 5 nitrogen and oxygen atoms in total. The van der Waals surface area contributed by atoms with Crippen molar-refractivity contribution in [1.29, 1.82) is 0 Å². The van der Waals surface area contributed by atoms with E-state index in [2.05, 4.69) is 29.3 Å². The van der Waals surface area contributed by atoms with Crippen LogP contribution in [0.25, 0.3) is 21.8 Å². The third kappa shape index (κ3) is 2.31. The van der Waals surface area contributed by atoms with E-state index in [9.17, 15) is 0 Å². The lowest BCUT2D eigenvalue weighted by molar-refractivity contribution is 0.634. The van der Waals surface area contributed by atoms with E-state index in [1.807, 2.05) is 23.7 Å². The van der Waals surface area contributed by atoms with E-state index in [-0.39, 0.29) is 0 Å². The van der Waals surface area contributed by atoms with Crippen LogP contribution in [-0.2, 0) is 6.54 Å². The number of aromatic nitrogens is 4. The molecule has 0 saturated carbocycles. The maximum absolute atomic E-state index is 5.93. The fourth-order valence-electron chi connectivity index (χ4n) is 2.49. The van der Waals surface area contributed by atoms with Crippen molar-refractivity contribution in [3.63, 3.8) is 0 Å². The predicted octanol–water partition coefficient (Wildman–Crippen LogP) is 3.29. The molecule has 6 heteroatoms. The number of hydrogen-bond donors (Lipinski definition) is 1. The van der Waals surface area contributed by atoms with Crippen molar-refractivity contribution in [1.82, 2.24) is 19.7 Å². The Morgan fingerprint density at radius 1 is 1.33 bits per heavy atom. The SMILES string of the molecule is CCn1nc(C)c(-c2csc(-c3cccnc3N)n2)c1C. The maximum Gasteiger partial charge on any atom is 0.133 e. The fraction of sp³-hybridized carbons (Fsp3) is 0.267. The van der Waals surface area contributed by atoms with Gasteiger partial charge in [0.15, 0.2) is 0 Å². The molecule has 0 spiro atoms. The monoisotopic (exact) mass is 299 g/mol. The van der Waals surface area contributed by atoms with Crippen LogP contribution >= 0.6 is 11.3 Å². The molecule has 0 radical (unpaired) electrons. The molecule has 0 aliphatic rings. The van der Waals surface area contributed by atoms with Gasteiger partial charge in [0.2, 0.25) is 0 Å². The average molecular weight is 299 g/mol. The average Bonchev–Trinajstić information content (AvgIpc) is 3.04. The summed E-state index contributed by atoms with van der Waals surface area (Å²) < 4.78 is 2.00. The van der Waals surface area contributed by atoms with Gasteiger partial charge in [-0.1, -0.05) is 0 Å². The summed E-state index contributed by atoms with van der Waals surface area (Å²) in [4.78, 5) is 8.84. The summed E-state index contributed by atoms with van der Waals surface area (Å²) in [6.45, 7) is 7.05. The lowest BCUT2D eigenvalue weighted by Crippen LogP contribution is -1.98. The highest BCUT2D eigenvalue weighted by atomic mass is 32.1. The van der Waals surface area contributed by atoms with Crippen LogP contribution in [-0.4, -0.2) is 19.7 Å². The van der Waals surface area contributed by atoms with Crippen molar-refractivity contribution in [2.24, 2.45) is 0 Å². The summed E-state index contributed by atoms with van der Waals surface area (Å²) in [7, 11) is 0. The largest absolute Gasteiger partial charge is 0.383 e. The Morgan fingerprint density at radius 2 is 2.14 bits per heavy atom. The van der Waals surface area contributed by atoms with E-state index in [0.29, 0.717) is 5.82 Å². The lowest BCUT2D eigenvalue weighted by Gasteiger charge is -2.01. The molecule has 3 aromatic rings. The molecule has 3 aromatic heterocycles. The van der Waals surface area contributed by atoms with E-state index in [4.69, 9.17) is 10.7 Å². The van der Waals surface area contributed by atoms with Gasteiger partial charge in [0.05, 0.1) is 17.0 Å². The molecular weight excluding hydrogens is 282 g/mol. The van der Waals surface area contributed by atoms with Crippen LogP contribution < -0.4 is 5.73 Å². The van der Waals surface area contributed by atoms with Gasteiger partial charge in [0, 0.05) is 29.4 Å². The van der Waals surface area contributed by atoms with Crippen molar-refractivity contribution < 1.29 is 0 Å². The molecule has 3 rings (SSSR count). The topological polar surface area (TPSA) is 69.6 Å². The van der Waals surface area contributed by atoms with Gasteiger partial charge in [-0.05, 0) is 32.9 Å². The van der Waals surface area contributed by atoms with Crippen LogP contribution in [0, 0.1) is 13.8 Å². The minimum atomic E-state index is 0.510. The number of pyridine rings is 1. The van der Waals surface area contributed by atoms with Crippen molar-refractivity contribution >= 4 is 17.2 Å². The number of aryl methyl sites for hydroxylation is 2. The molecule has 108 valence electrons. The molecule has 0 amide bonds. The summed E-state index contributed by atoms with van der Waals surface area (Å²) in [5.41, 5.74) is 11.0. The molecular formula is C15H17N5S. The summed E-state index contributed by atoms with van der Waals surface area (Å²) >= 11 is 1.58. The normalized spacial score (nSPS) is 11.0. The summed E-state index contributed by atoms with van der Waals surface area (Å²) in [5, 5.41) is 7.49. The zero-order valence-corrected chi connectivity index (χ0v) is 13.1. The third-order valence-corrected chi connectivity index (χ3v) is 4.39. The van der Waals surface area contributed by atoms with Gasteiger partial charge in [-0.25, -0.2) is 9.97 Å². The molecule has 2 N–H and O–H groups in total. The fourth-order valence-corrected chi connectivity index (χ4v) is 3.33. The molecule has 0 atom stereocenters. The Bertz CT molecular complexity index is 787. The standard InChI is InChI=1S/C15H17N5S/c1-4-20-10(3)13(9(2)19-20)12-8-21-15(18-12)11-6-5-7-17-14(11)16/h5-8H,4H2,1-3H3,(H2,16,17). The molecule has 0 bridgehead atoms. The summed E-state index contributed by atoms with van der Waals surface area (Å²) in [6, 6.07) is 3.82. The third-order valence-electron chi connectivity index (χ3n) is 3.51. The Balaban J connectivity index is 2.07. The van der Waals surface area contributed by atoms with Gasteiger partial charge in [-0.3, -0.25) is 4.68 Å². The Kier molecular flexibility index (Phi) is 3.47. The molecule has 0 saturated heterocycles. The highest BCUT2D eigenvalue weighted by Crippen LogP contribution is 2.33. The van der Waals surface area contributed by atoms with Crippen LogP contribution in [0.4, 0.5) is 5.82 Å². The Labute approximate surface area is 127 Å². The van der Waals surface area contributed by atoms with Gasteiger partial charge in [0.25, 0.3) is 0 Å². The van der Waals surface area contributed by atoms with E-state index in [1.54, 1.807) is 17.5 Å². The molecule has 0 fully saturated rings. The van der Waals surface area contributed by atoms with E-state index >= 15 is 0 Å². The van der Waals surface area contributed by atoms with Gasteiger partial charge < -0.3 is 5.73 Å². The number of thiazole rings is 1. The first kappa shape index (κ1) is 13.8. The van der Waals surface area contributed by atoms with Crippen LogP contribution in [0.2, 0.25) is 0 Å². The molecule has 3 heterocycles. The van der Waals surface area contributed by atoms with Crippen LogP contribution in [0.15, 0.2) is 23.7 Å². The first-order valence-electron chi connectivity index (χ1n) is 6.82. The number of nitrogens with zero attached hydrogens (tertiary/aromatic N) is 4. The van der Waals surface area contributed by atoms with Crippen molar-refractivity contribution in [3.05, 3.63) is 35.1 Å². The van der Waals surface area contributed by atoms with Crippen molar-refractivity contribution in [2.75, 3.05) is 5.73 Å². The minimum Gasteiger partial charge on any atom is -0.383 e. The highest BCUT2D eigenvalue weighted by Gasteiger charge is 2.16. The van der Waals surface area contributed by atoms with Crippen molar-refractivity contribution in [2.45, 2.75) is 27.3 Å². The van der Waals surface area contributed by atoms with Gasteiger partial charge in [-0.15, -0.1) is 11.3 Å². The minimum absolute atomic E-state index is 0.510. The van der Waals surface area contributed by atoms with Gasteiger partial charge >= 0.3 is 0 Å². The quantitative estimate of drug-likeness (QED) is 0.805. The number of hydrogen-bond acceptors (Lipinski definition) is 5. The maximum atomic E-state index is 5.93. The van der Waals surface area contributed by atoms with Crippen molar-refractivity contribution in [3.8, 4) is 21.8 Å². The van der Waals surface area contributed by atoms with E-state index in [1.165, 1.54) is 0 Å². The Morgan fingerprint density at radius 3 is 2.81 bits per heavy atom. The highest BCUT2D eigenvalue weighted by molar-refractivity contribution is 7.13. The molecule has 0 aromatic carbocycles. The predicted molar refractivity (Wildman–Crippen MR) is 86.1 cm³/mol. The number of anilines is 1. The number of nitrogen functional groups attached to an aromatic ring is 1. The van der Waals surface area contributed by atoms with Gasteiger partial charge in [0.1, 0.15) is 10.8 Å². The Hall–Kier alpha value is -2.21. The van der Waals surface area contributed by atoms with Gasteiger partial charge in [-0.2, -0.15) is 5.10 Å². The van der Waals surface area contributed by atoms with E-state index in [0.717, 1.165) is 39.8 Å². The number of nitrogens with two attached hydrogens (primary N) is 1. The molecule has 21 heavy (non-hydrogen) atoms. The van der Waals surface area contributed by atoms with Crippen LogP contribution in [0.3, 0.4) is 0 Å². The second-order valence-corrected chi connectivity index (χ2v) is 5.69. The molecule has 0 unspecified atom stereocenters. The summed E-state index contributed by atoms with van der Waals surface area (Å²) in [5.74, 6) is 0.510. The molecule has 0 aliphatic heterocycles. The number of rotatable bonds is 3. The second-order valence-electron chi connectivity index (χ2n) is 4.84. The zero-order valence-electron chi connectivity index (χ0n) is 12.3. The molecule has 0 aliphatic carbocycles. The van der Waals surface area contributed by atoms with Crippen LogP contribution in [0.1, 0.15) is 18.3 Å². The first-order chi connectivity index (χ1) is 10.1. The van der Waals surface area contributed by atoms with E-state index < -0.39 is 0 Å². The van der Waals surface area contributed by atoms with Crippen LogP contribution in [0.5, 0.6) is 0 Å². The first-order valence-corrected chi connectivity index (χ1v) is 7.70. The zero-order chi connectivity index (χ0) is 15.0. The second kappa shape index (κ2) is 5.29. The summed E-state index contributed by atoms with van der Waals surface area (Å²) in [6.07, 6.45) is 1.69. The lowest BCUT2D eigenvalue weighted by atomic mass is 10.1. The smallest absolute Gasteiger partial charge is 0.133 e.